The summed E-state index contributed by atoms with van der Waals surface area (Å²) < 4.78 is 10.8. The Labute approximate surface area is 114 Å². The molecule has 3 rings (SSSR count). The molecule has 0 aliphatic heterocycles. The van der Waals surface area contributed by atoms with Gasteiger partial charge in [-0.2, -0.15) is 0 Å². The van der Waals surface area contributed by atoms with Crippen molar-refractivity contribution >= 4 is 16.5 Å². The van der Waals surface area contributed by atoms with Crippen LogP contribution in [0.5, 0.6) is 0 Å². The molecule has 3 aromatic rings. The molecule has 0 aromatic carbocycles. The molecule has 0 aliphatic carbocycles. The lowest BCUT2D eigenvalue weighted by Crippen LogP contribution is -2.21. The first kappa shape index (κ1) is 12.0. The molecule has 0 fully saturated rings. The normalized spacial score (nSPS) is 10.8. The second-order valence-electron chi connectivity index (χ2n) is 4.12. The molecule has 5 nitrogen and oxygen atoms in total. The van der Waals surface area contributed by atoms with Gasteiger partial charge in [0.15, 0.2) is 0 Å². The highest BCUT2D eigenvalue weighted by molar-refractivity contribution is 7.15. The van der Waals surface area contributed by atoms with Crippen LogP contribution in [-0.4, -0.2) is 10.2 Å². The maximum absolute atomic E-state index is 5.40. The van der Waals surface area contributed by atoms with Crippen LogP contribution in [0.4, 0.5) is 5.13 Å². The van der Waals surface area contributed by atoms with Gasteiger partial charge in [0.05, 0.1) is 25.6 Å². The summed E-state index contributed by atoms with van der Waals surface area (Å²) in [6.45, 7) is 3.23. The fourth-order valence-electron chi connectivity index (χ4n) is 1.79. The number of nitrogens with zero attached hydrogens (tertiary/aromatic N) is 3. The van der Waals surface area contributed by atoms with Crippen molar-refractivity contribution in [3.63, 3.8) is 0 Å². The Morgan fingerprint density at radius 3 is 2.11 bits per heavy atom. The van der Waals surface area contributed by atoms with E-state index in [1.54, 1.807) is 23.9 Å². The zero-order valence-corrected chi connectivity index (χ0v) is 11.3. The maximum atomic E-state index is 5.40. The zero-order valence-electron chi connectivity index (χ0n) is 10.4. The van der Waals surface area contributed by atoms with E-state index >= 15 is 0 Å². The van der Waals surface area contributed by atoms with Gasteiger partial charge >= 0.3 is 0 Å². The first-order valence-electron chi connectivity index (χ1n) is 5.91. The second-order valence-corrected chi connectivity index (χ2v) is 5.28. The maximum Gasteiger partial charge on any atom is 0.209 e. The third-order valence-electron chi connectivity index (χ3n) is 2.64. The molecule has 3 aromatic heterocycles. The van der Waals surface area contributed by atoms with Crippen molar-refractivity contribution in [2.45, 2.75) is 20.0 Å². The molecular weight excluding hydrogens is 262 g/mol. The standard InChI is InChI=1S/C13H13N3O2S/c1-10-14-15-13(19-10)16(8-11-4-2-6-17-11)9-12-5-3-7-18-12/h2-7H,8-9H2,1H3. The summed E-state index contributed by atoms with van der Waals surface area (Å²) in [5.74, 6) is 1.78. The Kier molecular flexibility index (Phi) is 3.33. The van der Waals surface area contributed by atoms with Gasteiger partial charge < -0.3 is 13.7 Å². The highest BCUT2D eigenvalue weighted by Gasteiger charge is 2.15. The number of aryl methyl sites for hydroxylation is 1. The predicted molar refractivity (Wildman–Crippen MR) is 71.9 cm³/mol. The summed E-state index contributed by atoms with van der Waals surface area (Å²) in [6, 6.07) is 7.66. The van der Waals surface area contributed by atoms with Crippen LogP contribution >= 0.6 is 11.3 Å². The van der Waals surface area contributed by atoms with Gasteiger partial charge in [-0.25, -0.2) is 0 Å². The molecule has 0 bridgehead atoms. The SMILES string of the molecule is Cc1nnc(N(Cc2ccco2)Cc2ccco2)s1. The molecule has 0 amide bonds. The largest absolute Gasteiger partial charge is 0.467 e. The molecule has 3 heterocycles. The van der Waals surface area contributed by atoms with E-state index in [4.69, 9.17) is 8.83 Å². The smallest absolute Gasteiger partial charge is 0.209 e. The van der Waals surface area contributed by atoms with Crippen LogP contribution < -0.4 is 4.90 Å². The van der Waals surface area contributed by atoms with Gasteiger partial charge in [-0.3, -0.25) is 0 Å². The number of furan rings is 2. The Hall–Kier alpha value is -2.08. The van der Waals surface area contributed by atoms with Crippen LogP contribution in [0.1, 0.15) is 16.5 Å². The average molecular weight is 275 g/mol. The van der Waals surface area contributed by atoms with Crippen LogP contribution in [0, 0.1) is 6.92 Å². The predicted octanol–water partition coefficient (Wildman–Crippen LogP) is 3.24. The van der Waals surface area contributed by atoms with Crippen molar-refractivity contribution < 1.29 is 8.83 Å². The number of rotatable bonds is 5. The molecule has 0 N–H and O–H groups in total. The van der Waals surface area contributed by atoms with E-state index in [9.17, 15) is 0 Å². The number of aromatic nitrogens is 2. The van der Waals surface area contributed by atoms with Crippen molar-refractivity contribution in [2.75, 3.05) is 4.90 Å². The van der Waals surface area contributed by atoms with Crippen LogP contribution in [-0.2, 0) is 13.1 Å². The molecule has 0 spiro atoms. The van der Waals surface area contributed by atoms with Crippen LogP contribution in [0.15, 0.2) is 45.6 Å². The number of hydrogen-bond donors (Lipinski definition) is 0. The Bertz CT molecular complexity index is 580. The molecule has 0 saturated carbocycles. The van der Waals surface area contributed by atoms with Gasteiger partial charge in [0.2, 0.25) is 5.13 Å². The summed E-state index contributed by atoms with van der Waals surface area (Å²) in [4.78, 5) is 2.09. The van der Waals surface area contributed by atoms with E-state index < -0.39 is 0 Å². The van der Waals surface area contributed by atoms with E-state index in [2.05, 4.69) is 15.1 Å². The quantitative estimate of drug-likeness (QED) is 0.715. The molecule has 0 radical (unpaired) electrons. The lowest BCUT2D eigenvalue weighted by molar-refractivity contribution is 0.476. The van der Waals surface area contributed by atoms with Gasteiger partial charge in [0.25, 0.3) is 0 Å². The lowest BCUT2D eigenvalue weighted by Gasteiger charge is -2.18. The second kappa shape index (κ2) is 5.27. The Morgan fingerprint density at radius 1 is 1.05 bits per heavy atom. The Balaban J connectivity index is 1.82. The summed E-state index contributed by atoms with van der Waals surface area (Å²) in [5, 5.41) is 10.1. The van der Waals surface area contributed by atoms with Crippen LogP contribution in [0.3, 0.4) is 0 Å². The zero-order chi connectivity index (χ0) is 13.1. The minimum Gasteiger partial charge on any atom is -0.467 e. The molecule has 98 valence electrons. The van der Waals surface area contributed by atoms with Crippen LogP contribution in [0.25, 0.3) is 0 Å². The van der Waals surface area contributed by atoms with Crippen molar-refractivity contribution in [1.82, 2.24) is 10.2 Å². The van der Waals surface area contributed by atoms with Gasteiger partial charge in [-0.15, -0.1) is 10.2 Å². The molecule has 0 unspecified atom stereocenters. The number of hydrogen-bond acceptors (Lipinski definition) is 6. The highest BCUT2D eigenvalue weighted by atomic mass is 32.1. The fourth-order valence-corrected chi connectivity index (χ4v) is 2.47. The van der Waals surface area contributed by atoms with Crippen molar-refractivity contribution in [1.29, 1.82) is 0 Å². The van der Waals surface area contributed by atoms with Gasteiger partial charge in [-0.1, -0.05) is 11.3 Å². The highest BCUT2D eigenvalue weighted by Crippen LogP contribution is 2.24. The van der Waals surface area contributed by atoms with E-state index in [1.807, 2.05) is 31.2 Å². The number of anilines is 1. The average Bonchev–Trinajstić information content (AvgIpc) is 3.09. The lowest BCUT2D eigenvalue weighted by atomic mass is 10.3. The monoisotopic (exact) mass is 275 g/mol. The summed E-state index contributed by atoms with van der Waals surface area (Å²) in [5.41, 5.74) is 0. The van der Waals surface area contributed by atoms with Gasteiger partial charge in [-0.05, 0) is 31.2 Å². The fraction of sp³-hybridized carbons (Fsp3) is 0.231. The molecule has 0 atom stereocenters. The summed E-state index contributed by atoms with van der Waals surface area (Å²) in [6.07, 6.45) is 3.34. The molecule has 0 saturated heterocycles. The van der Waals surface area contributed by atoms with E-state index in [0.717, 1.165) is 21.7 Å². The third-order valence-corrected chi connectivity index (χ3v) is 3.54. The first-order valence-corrected chi connectivity index (χ1v) is 6.73. The van der Waals surface area contributed by atoms with Gasteiger partial charge in [0.1, 0.15) is 16.5 Å². The molecular formula is C13H13N3O2S. The van der Waals surface area contributed by atoms with Crippen molar-refractivity contribution in [2.24, 2.45) is 0 Å². The minimum absolute atomic E-state index is 0.641. The van der Waals surface area contributed by atoms with Gasteiger partial charge in [0, 0.05) is 0 Å². The van der Waals surface area contributed by atoms with Crippen molar-refractivity contribution in [3.05, 3.63) is 53.3 Å². The third kappa shape index (κ3) is 2.85. The minimum atomic E-state index is 0.641. The molecule has 19 heavy (non-hydrogen) atoms. The molecule has 0 aliphatic rings. The topological polar surface area (TPSA) is 55.3 Å². The summed E-state index contributed by atoms with van der Waals surface area (Å²) in [7, 11) is 0. The van der Waals surface area contributed by atoms with E-state index in [1.165, 1.54) is 0 Å². The van der Waals surface area contributed by atoms with Crippen molar-refractivity contribution in [3.8, 4) is 0 Å². The van der Waals surface area contributed by atoms with Crippen LogP contribution in [0.2, 0.25) is 0 Å². The summed E-state index contributed by atoms with van der Waals surface area (Å²) >= 11 is 1.56. The van der Waals surface area contributed by atoms with E-state index in [0.29, 0.717) is 13.1 Å². The first-order chi connectivity index (χ1) is 9.31. The Morgan fingerprint density at radius 2 is 1.68 bits per heavy atom. The van der Waals surface area contributed by atoms with E-state index in [-0.39, 0.29) is 0 Å². The molecule has 6 heteroatoms.